The van der Waals surface area contributed by atoms with E-state index in [0.29, 0.717) is 24.9 Å². The highest BCUT2D eigenvalue weighted by atomic mass is 16.2. The first kappa shape index (κ1) is 41.7. The highest BCUT2D eigenvalue weighted by Crippen LogP contribution is 2.44. The van der Waals surface area contributed by atoms with Gasteiger partial charge in [0.1, 0.15) is 0 Å². The minimum atomic E-state index is -0.165. The number of amides is 4. The SMILES string of the molecule is CCCCC/C=C/CC1C(CCCCCC)C=CC(CCCCCCCCN2C(=O)C=CC2=O)C1CCCCCCCCN1C(=O)C=CC1=O. The molecular weight excluding hydrogens is 620 g/mol. The van der Waals surface area contributed by atoms with Crippen molar-refractivity contribution in [1.82, 2.24) is 9.80 Å². The number of hydrogen-bond donors (Lipinski definition) is 0. The number of nitrogens with zero attached hydrogens (tertiary/aromatic N) is 2. The van der Waals surface area contributed by atoms with Gasteiger partial charge in [0.05, 0.1) is 0 Å². The summed E-state index contributed by atoms with van der Waals surface area (Å²) in [5.74, 6) is 2.20. The van der Waals surface area contributed by atoms with Crippen molar-refractivity contribution in [2.24, 2.45) is 23.7 Å². The fraction of sp³-hybridized carbons (Fsp3) is 0.727. The van der Waals surface area contributed by atoms with Gasteiger partial charge in [0.2, 0.25) is 0 Å². The molecule has 3 rings (SSSR count). The molecule has 50 heavy (non-hydrogen) atoms. The highest BCUT2D eigenvalue weighted by Gasteiger charge is 2.34. The third kappa shape index (κ3) is 15.2. The van der Waals surface area contributed by atoms with Crippen LogP contribution in [0.2, 0.25) is 0 Å². The smallest absolute Gasteiger partial charge is 0.253 e. The number of hydrogen-bond acceptors (Lipinski definition) is 4. The van der Waals surface area contributed by atoms with Crippen molar-refractivity contribution in [2.45, 2.75) is 168 Å². The van der Waals surface area contributed by atoms with Crippen LogP contribution in [0.3, 0.4) is 0 Å². The lowest BCUT2D eigenvalue weighted by molar-refractivity contribution is -0.138. The van der Waals surface area contributed by atoms with Crippen LogP contribution in [-0.2, 0) is 19.2 Å². The Bertz CT molecular complexity index is 1100. The highest BCUT2D eigenvalue weighted by molar-refractivity contribution is 6.13. The van der Waals surface area contributed by atoms with Gasteiger partial charge in [-0.2, -0.15) is 0 Å². The van der Waals surface area contributed by atoms with Gasteiger partial charge in [0.25, 0.3) is 23.6 Å². The molecule has 3 aliphatic rings. The van der Waals surface area contributed by atoms with Crippen LogP contribution < -0.4 is 0 Å². The largest absolute Gasteiger partial charge is 0.275 e. The minimum absolute atomic E-state index is 0.163. The normalized spacial score (nSPS) is 22.0. The van der Waals surface area contributed by atoms with Crippen LogP contribution in [-0.4, -0.2) is 46.5 Å². The Kier molecular flexibility index (Phi) is 21.0. The molecule has 280 valence electrons. The molecule has 1 aliphatic carbocycles. The van der Waals surface area contributed by atoms with E-state index >= 15 is 0 Å². The van der Waals surface area contributed by atoms with Crippen LogP contribution in [0.25, 0.3) is 0 Å². The van der Waals surface area contributed by atoms with Crippen LogP contribution in [0.4, 0.5) is 0 Å². The molecule has 4 atom stereocenters. The molecule has 2 aliphatic heterocycles. The molecule has 0 radical (unpaired) electrons. The topological polar surface area (TPSA) is 74.8 Å². The van der Waals surface area contributed by atoms with Gasteiger partial charge in [0.15, 0.2) is 0 Å². The molecule has 0 spiro atoms. The summed E-state index contributed by atoms with van der Waals surface area (Å²) in [7, 11) is 0. The summed E-state index contributed by atoms with van der Waals surface area (Å²) in [5, 5.41) is 0. The van der Waals surface area contributed by atoms with Gasteiger partial charge in [-0.05, 0) is 75.0 Å². The number of rotatable bonds is 29. The van der Waals surface area contributed by atoms with E-state index in [1.165, 1.54) is 163 Å². The summed E-state index contributed by atoms with van der Waals surface area (Å²) in [6, 6.07) is 0. The molecule has 0 saturated carbocycles. The van der Waals surface area contributed by atoms with Gasteiger partial charge in [-0.25, -0.2) is 0 Å². The maximum atomic E-state index is 11.8. The molecule has 0 aromatic carbocycles. The van der Waals surface area contributed by atoms with Crippen LogP contribution >= 0.6 is 0 Å². The second-order valence-electron chi connectivity index (χ2n) is 15.2. The summed E-state index contributed by atoms with van der Waals surface area (Å²) in [5.41, 5.74) is 0. The molecule has 2 heterocycles. The van der Waals surface area contributed by atoms with Crippen LogP contribution in [0.1, 0.15) is 168 Å². The molecule has 0 saturated heterocycles. The predicted molar refractivity (Wildman–Crippen MR) is 206 cm³/mol. The van der Waals surface area contributed by atoms with E-state index < -0.39 is 0 Å². The average Bonchev–Trinajstić information content (AvgIpc) is 3.61. The van der Waals surface area contributed by atoms with Gasteiger partial charge in [0, 0.05) is 37.4 Å². The molecule has 0 bridgehead atoms. The monoisotopic (exact) mass is 691 g/mol. The number of allylic oxidation sites excluding steroid dienone is 4. The van der Waals surface area contributed by atoms with Crippen molar-refractivity contribution in [3.8, 4) is 0 Å². The third-order valence-corrected chi connectivity index (χ3v) is 11.3. The molecule has 4 unspecified atom stereocenters. The molecule has 0 aromatic rings. The quantitative estimate of drug-likeness (QED) is 0.0445. The fourth-order valence-corrected chi connectivity index (χ4v) is 8.31. The molecular formula is C44H70N2O4. The van der Waals surface area contributed by atoms with E-state index in [1.54, 1.807) is 0 Å². The van der Waals surface area contributed by atoms with Crippen LogP contribution in [0, 0.1) is 23.7 Å². The average molecular weight is 691 g/mol. The van der Waals surface area contributed by atoms with Gasteiger partial charge in [-0.15, -0.1) is 0 Å². The fourth-order valence-electron chi connectivity index (χ4n) is 8.31. The maximum Gasteiger partial charge on any atom is 0.253 e. The Morgan fingerprint density at radius 2 is 0.860 bits per heavy atom. The molecule has 0 fully saturated rings. The Morgan fingerprint density at radius 3 is 1.36 bits per heavy atom. The summed E-state index contributed by atoms with van der Waals surface area (Å²) >= 11 is 0. The van der Waals surface area contributed by atoms with Crippen molar-refractivity contribution >= 4 is 23.6 Å². The van der Waals surface area contributed by atoms with E-state index in [0.717, 1.165) is 37.5 Å². The van der Waals surface area contributed by atoms with Crippen molar-refractivity contribution in [1.29, 1.82) is 0 Å². The number of carbonyl (C=O) groups is 4. The summed E-state index contributed by atoms with van der Waals surface area (Å²) in [4.78, 5) is 49.9. The van der Waals surface area contributed by atoms with E-state index in [-0.39, 0.29) is 23.6 Å². The number of imide groups is 2. The zero-order chi connectivity index (χ0) is 35.8. The Labute approximate surface area is 305 Å². The predicted octanol–water partition coefficient (Wildman–Crippen LogP) is 10.8. The van der Waals surface area contributed by atoms with Crippen molar-refractivity contribution in [3.63, 3.8) is 0 Å². The Morgan fingerprint density at radius 1 is 0.460 bits per heavy atom. The Balaban J connectivity index is 1.48. The van der Waals surface area contributed by atoms with Gasteiger partial charge < -0.3 is 0 Å². The van der Waals surface area contributed by atoms with Crippen molar-refractivity contribution in [3.05, 3.63) is 48.6 Å². The second-order valence-corrected chi connectivity index (χ2v) is 15.2. The van der Waals surface area contributed by atoms with E-state index in [2.05, 4.69) is 38.2 Å². The Hall–Kier alpha value is -2.76. The van der Waals surface area contributed by atoms with Gasteiger partial charge in [-0.3, -0.25) is 29.0 Å². The molecule has 0 N–H and O–H groups in total. The number of carbonyl (C=O) groups excluding carboxylic acids is 4. The van der Waals surface area contributed by atoms with Crippen molar-refractivity contribution in [2.75, 3.05) is 13.1 Å². The first-order valence-electron chi connectivity index (χ1n) is 20.9. The van der Waals surface area contributed by atoms with Gasteiger partial charge >= 0.3 is 0 Å². The lowest BCUT2D eigenvalue weighted by Crippen LogP contribution is -2.31. The first-order valence-corrected chi connectivity index (χ1v) is 20.9. The van der Waals surface area contributed by atoms with E-state index in [9.17, 15) is 19.2 Å². The lowest BCUT2D eigenvalue weighted by Gasteiger charge is -2.40. The van der Waals surface area contributed by atoms with E-state index in [4.69, 9.17) is 0 Å². The summed E-state index contributed by atoms with van der Waals surface area (Å²) < 4.78 is 0. The summed E-state index contributed by atoms with van der Waals surface area (Å²) in [6.45, 7) is 5.68. The standard InChI is InChI=1S/C44H70N2O4/c1-3-5-7-9-15-21-27-39-37(25-19-8-6-4-2)29-30-38(26-20-14-10-12-17-23-35-45-41(47)31-32-42(45)48)40(39)28-22-16-11-13-18-24-36-46-43(49)33-34-44(46)50/h15,21,29-34,37-40H,3-14,16-20,22-28,35-36H2,1-2H3/b21-15+. The molecule has 0 aromatic heterocycles. The maximum absolute atomic E-state index is 11.8. The zero-order valence-corrected chi connectivity index (χ0v) is 31.8. The van der Waals surface area contributed by atoms with E-state index in [1.807, 2.05) is 0 Å². The molecule has 6 heteroatoms. The first-order chi connectivity index (χ1) is 24.5. The number of unbranched alkanes of at least 4 members (excludes halogenated alkanes) is 16. The molecule has 6 nitrogen and oxygen atoms in total. The third-order valence-electron chi connectivity index (χ3n) is 11.3. The van der Waals surface area contributed by atoms with Crippen LogP contribution in [0.15, 0.2) is 48.6 Å². The second kappa shape index (κ2) is 25.2. The lowest BCUT2D eigenvalue weighted by atomic mass is 9.65. The van der Waals surface area contributed by atoms with Crippen molar-refractivity contribution < 1.29 is 19.2 Å². The van der Waals surface area contributed by atoms with Gasteiger partial charge in [-0.1, -0.05) is 141 Å². The van der Waals surface area contributed by atoms with Crippen LogP contribution in [0.5, 0.6) is 0 Å². The zero-order valence-electron chi connectivity index (χ0n) is 31.8. The molecule has 4 amide bonds. The minimum Gasteiger partial charge on any atom is -0.275 e. The summed E-state index contributed by atoms with van der Waals surface area (Å²) in [6.07, 6.45) is 45.2.